The van der Waals surface area contributed by atoms with E-state index in [0.29, 0.717) is 5.75 Å². The molecular weight excluding hydrogens is 302 g/mol. The lowest BCUT2D eigenvalue weighted by atomic mass is 10.2. The summed E-state index contributed by atoms with van der Waals surface area (Å²) in [5.41, 5.74) is 0.950. The molecule has 6 nitrogen and oxygen atoms in total. The normalized spacial score (nSPS) is 11.0. The fraction of sp³-hybridized carbons (Fsp3) is 0.583. The van der Waals surface area contributed by atoms with Gasteiger partial charge in [0.2, 0.25) is 0 Å². The largest absolute Gasteiger partial charge is 0.515 e. The minimum atomic E-state index is -0.793. The third-order valence-electron chi connectivity index (χ3n) is 1.84. The Labute approximate surface area is 125 Å². The van der Waals surface area contributed by atoms with Gasteiger partial charge in [0.1, 0.15) is 9.81 Å². The lowest BCUT2D eigenvalue weighted by Gasteiger charge is -2.18. The van der Waals surface area contributed by atoms with Crippen LogP contribution >= 0.6 is 23.1 Å². The van der Waals surface area contributed by atoms with Crippen molar-refractivity contribution in [2.75, 3.05) is 12.9 Å². The van der Waals surface area contributed by atoms with E-state index in [1.54, 1.807) is 26.3 Å². The summed E-state index contributed by atoms with van der Waals surface area (Å²) in [4.78, 5) is 26.5. The van der Waals surface area contributed by atoms with E-state index in [2.05, 4.69) is 9.72 Å². The third-order valence-corrected chi connectivity index (χ3v) is 3.93. The second-order valence-electron chi connectivity index (χ2n) is 4.69. The van der Waals surface area contributed by atoms with Crippen molar-refractivity contribution in [2.24, 2.45) is 0 Å². The fourth-order valence-corrected chi connectivity index (χ4v) is 2.83. The van der Waals surface area contributed by atoms with Gasteiger partial charge in [-0.05, 0) is 20.8 Å². The molecule has 20 heavy (non-hydrogen) atoms. The van der Waals surface area contributed by atoms with Gasteiger partial charge < -0.3 is 14.2 Å². The summed E-state index contributed by atoms with van der Waals surface area (Å²) in [6, 6.07) is 0. The van der Waals surface area contributed by atoms with E-state index >= 15 is 0 Å². The Morgan fingerprint density at radius 2 is 2.10 bits per heavy atom. The van der Waals surface area contributed by atoms with Crippen LogP contribution in [-0.4, -0.2) is 35.6 Å². The summed E-state index contributed by atoms with van der Waals surface area (Å²) < 4.78 is 15.4. The van der Waals surface area contributed by atoms with Gasteiger partial charge >= 0.3 is 12.1 Å². The molecule has 0 aliphatic heterocycles. The highest BCUT2D eigenvalue weighted by Crippen LogP contribution is 2.33. The molecule has 0 aliphatic carbocycles. The predicted molar refractivity (Wildman–Crippen MR) is 76.3 cm³/mol. The van der Waals surface area contributed by atoms with Crippen LogP contribution in [0, 0.1) is 0 Å². The van der Waals surface area contributed by atoms with Crippen molar-refractivity contribution in [1.82, 2.24) is 4.98 Å². The number of aromatic nitrogens is 1. The minimum Gasteiger partial charge on any atom is -0.469 e. The van der Waals surface area contributed by atoms with Crippen molar-refractivity contribution in [3.05, 3.63) is 5.51 Å². The maximum Gasteiger partial charge on any atom is 0.515 e. The highest BCUT2D eigenvalue weighted by Gasteiger charge is 2.20. The Bertz CT molecular complexity index is 467. The molecule has 0 fully saturated rings. The Hall–Kier alpha value is -1.28. The van der Waals surface area contributed by atoms with E-state index in [1.165, 1.54) is 30.2 Å². The van der Waals surface area contributed by atoms with Crippen LogP contribution in [0.4, 0.5) is 4.79 Å². The van der Waals surface area contributed by atoms with Crippen LogP contribution in [0.25, 0.3) is 0 Å². The molecule has 0 N–H and O–H groups in total. The van der Waals surface area contributed by atoms with E-state index in [-0.39, 0.29) is 18.3 Å². The monoisotopic (exact) mass is 319 g/mol. The van der Waals surface area contributed by atoms with E-state index in [0.717, 1.165) is 4.21 Å². The quantitative estimate of drug-likeness (QED) is 0.609. The molecule has 1 aromatic heterocycles. The summed E-state index contributed by atoms with van der Waals surface area (Å²) in [6.07, 6.45) is -0.511. The zero-order valence-electron chi connectivity index (χ0n) is 11.8. The van der Waals surface area contributed by atoms with Crippen molar-refractivity contribution >= 4 is 35.2 Å². The maximum atomic E-state index is 11.5. The molecule has 0 aliphatic rings. The van der Waals surface area contributed by atoms with Gasteiger partial charge in [-0.25, -0.2) is 9.78 Å². The Kier molecular flexibility index (Phi) is 6.28. The first-order valence-corrected chi connectivity index (χ1v) is 7.72. The van der Waals surface area contributed by atoms with Crippen molar-refractivity contribution in [3.8, 4) is 5.88 Å². The van der Waals surface area contributed by atoms with Crippen LogP contribution in [0.1, 0.15) is 27.2 Å². The Morgan fingerprint density at radius 1 is 1.40 bits per heavy atom. The third kappa shape index (κ3) is 6.25. The lowest BCUT2D eigenvalue weighted by molar-refractivity contribution is -0.140. The van der Waals surface area contributed by atoms with Crippen molar-refractivity contribution in [3.63, 3.8) is 0 Å². The molecule has 0 aromatic carbocycles. The van der Waals surface area contributed by atoms with Gasteiger partial charge in [0.15, 0.2) is 0 Å². The number of hydrogen-bond donors (Lipinski definition) is 0. The molecule has 112 valence electrons. The van der Waals surface area contributed by atoms with Gasteiger partial charge in [-0.1, -0.05) is 0 Å². The molecular formula is C12H17NO5S2. The van der Waals surface area contributed by atoms with Crippen LogP contribution in [0.3, 0.4) is 0 Å². The van der Waals surface area contributed by atoms with Crippen LogP contribution < -0.4 is 4.74 Å². The van der Waals surface area contributed by atoms with Crippen LogP contribution in [0.5, 0.6) is 5.88 Å². The fourth-order valence-electron chi connectivity index (χ4n) is 1.07. The van der Waals surface area contributed by atoms with Crippen LogP contribution in [0.15, 0.2) is 9.72 Å². The topological polar surface area (TPSA) is 74.7 Å². The summed E-state index contributed by atoms with van der Waals surface area (Å²) in [5.74, 6) is 0.454. The summed E-state index contributed by atoms with van der Waals surface area (Å²) in [6.45, 7) is 5.25. The van der Waals surface area contributed by atoms with Gasteiger partial charge in [0.25, 0.3) is 5.88 Å². The standard InChI is InChI=1S/C12H17NO5S2/c1-12(2,3)18-11(15)17-9-10(20-7-13-9)19-6-5-8(14)16-4/h7H,5-6H2,1-4H3. The molecule has 0 amide bonds. The van der Waals surface area contributed by atoms with E-state index in [1.807, 2.05) is 0 Å². The molecule has 1 aromatic rings. The SMILES string of the molecule is COC(=O)CCSc1scnc1OC(=O)OC(C)(C)C. The molecule has 0 saturated heterocycles. The van der Waals surface area contributed by atoms with Gasteiger partial charge in [0.05, 0.1) is 19.0 Å². The second kappa shape index (κ2) is 7.49. The zero-order chi connectivity index (χ0) is 15.2. The number of carbonyl (C=O) groups is 2. The number of carbonyl (C=O) groups excluding carboxylic acids is 2. The average Bonchev–Trinajstić information content (AvgIpc) is 2.74. The van der Waals surface area contributed by atoms with E-state index in [9.17, 15) is 9.59 Å². The van der Waals surface area contributed by atoms with E-state index < -0.39 is 11.8 Å². The van der Waals surface area contributed by atoms with Gasteiger partial charge in [-0.3, -0.25) is 4.79 Å². The minimum absolute atomic E-state index is 0.208. The summed E-state index contributed by atoms with van der Waals surface area (Å²) in [7, 11) is 1.34. The molecule has 8 heteroatoms. The first-order chi connectivity index (χ1) is 9.31. The first kappa shape index (κ1) is 16.8. The first-order valence-electron chi connectivity index (χ1n) is 5.86. The number of thioether (sulfide) groups is 1. The molecule has 0 unspecified atom stereocenters. The van der Waals surface area contributed by atoms with Crippen LogP contribution in [0.2, 0.25) is 0 Å². The van der Waals surface area contributed by atoms with Crippen molar-refractivity contribution in [2.45, 2.75) is 37.0 Å². The molecule has 0 radical (unpaired) electrons. The summed E-state index contributed by atoms with van der Waals surface area (Å²) in [5, 5.41) is 0. The predicted octanol–water partition coefficient (Wildman–Crippen LogP) is 3.11. The molecule has 0 spiro atoms. The zero-order valence-corrected chi connectivity index (χ0v) is 13.4. The average molecular weight is 319 g/mol. The van der Waals surface area contributed by atoms with Gasteiger partial charge in [-0.2, -0.15) is 0 Å². The maximum absolute atomic E-state index is 11.5. The van der Waals surface area contributed by atoms with E-state index in [4.69, 9.17) is 9.47 Å². The molecule has 1 rings (SSSR count). The Morgan fingerprint density at radius 3 is 2.70 bits per heavy atom. The van der Waals surface area contributed by atoms with Crippen molar-refractivity contribution < 1.29 is 23.8 Å². The van der Waals surface area contributed by atoms with Crippen LogP contribution in [-0.2, 0) is 14.3 Å². The summed E-state index contributed by atoms with van der Waals surface area (Å²) >= 11 is 2.72. The number of ether oxygens (including phenoxy) is 3. The lowest BCUT2D eigenvalue weighted by Crippen LogP contribution is -2.26. The number of thiazole rings is 1. The highest BCUT2D eigenvalue weighted by atomic mass is 32.2. The smallest absolute Gasteiger partial charge is 0.469 e. The molecule has 0 bridgehead atoms. The number of rotatable bonds is 5. The van der Waals surface area contributed by atoms with Crippen molar-refractivity contribution in [1.29, 1.82) is 0 Å². The Balaban J connectivity index is 2.50. The second-order valence-corrected chi connectivity index (χ2v) is 6.90. The number of esters is 1. The molecule has 0 atom stereocenters. The number of nitrogens with zero attached hydrogens (tertiary/aromatic N) is 1. The molecule has 1 heterocycles. The number of methoxy groups -OCH3 is 1. The van der Waals surface area contributed by atoms with Gasteiger partial charge in [0, 0.05) is 5.75 Å². The molecule has 0 saturated carbocycles. The van der Waals surface area contributed by atoms with Gasteiger partial charge in [-0.15, -0.1) is 23.1 Å². The highest BCUT2D eigenvalue weighted by molar-refractivity contribution is 8.01. The number of hydrogen-bond acceptors (Lipinski definition) is 8.